The average Bonchev–Trinajstić information content (AvgIpc) is 3.13. The minimum absolute atomic E-state index is 0.258. The molecule has 1 aromatic heterocycles. The molecule has 27 heavy (non-hydrogen) atoms. The van der Waals surface area contributed by atoms with E-state index in [1.165, 1.54) is 23.6 Å². The molecule has 0 radical (unpaired) electrons. The number of thiazole rings is 1. The Balaban J connectivity index is 1.85. The second-order valence-corrected chi connectivity index (χ2v) is 7.06. The number of nitrogens with zero attached hydrogens (tertiary/aromatic N) is 3. The van der Waals surface area contributed by atoms with Crippen molar-refractivity contribution < 1.29 is 9.31 Å². The number of nitriles is 1. The lowest BCUT2D eigenvalue weighted by Crippen LogP contribution is -1.96. The Hall–Kier alpha value is -3.09. The van der Waals surface area contributed by atoms with Crippen LogP contribution in [0.1, 0.15) is 5.01 Å². The van der Waals surface area contributed by atoms with E-state index in [1.807, 2.05) is 35.7 Å². The molecule has 0 amide bonds. The monoisotopic (exact) mass is 444 g/mol. The first-order valence-corrected chi connectivity index (χ1v) is 9.18. The molecule has 0 spiro atoms. The molecule has 0 bridgehead atoms. The molecule has 0 saturated carbocycles. The van der Waals surface area contributed by atoms with Crippen molar-refractivity contribution in [2.45, 2.75) is 0 Å². The van der Waals surface area contributed by atoms with Crippen LogP contribution in [0.2, 0.25) is 0 Å². The minimum atomic E-state index is -0.923. The molecule has 1 heterocycles. The van der Waals surface area contributed by atoms with Crippen molar-refractivity contribution in [1.29, 1.82) is 5.26 Å². The first kappa shape index (κ1) is 18.7. The highest BCUT2D eigenvalue weighted by Gasteiger charge is 2.14. The van der Waals surface area contributed by atoms with Crippen LogP contribution in [0.5, 0.6) is 0 Å². The van der Waals surface area contributed by atoms with E-state index >= 15 is 0 Å². The number of allylic oxidation sites excluding steroid dienone is 1. The summed E-state index contributed by atoms with van der Waals surface area (Å²) in [6, 6.07) is 13.1. The molecule has 2 aromatic carbocycles. The zero-order chi connectivity index (χ0) is 19.4. The first-order valence-electron chi connectivity index (χ1n) is 7.50. The van der Waals surface area contributed by atoms with E-state index in [-0.39, 0.29) is 5.57 Å². The topological polar surface area (TPSA) is 91.8 Å². The Bertz CT molecular complexity index is 1090. The van der Waals surface area contributed by atoms with E-state index in [0.29, 0.717) is 10.7 Å². The predicted octanol–water partition coefficient (Wildman–Crippen LogP) is 5.60. The molecule has 0 aliphatic heterocycles. The van der Waals surface area contributed by atoms with Gasteiger partial charge in [0, 0.05) is 33.4 Å². The lowest BCUT2D eigenvalue weighted by molar-refractivity contribution is -0.387. The van der Waals surface area contributed by atoms with Crippen molar-refractivity contribution in [1.82, 2.24) is 4.98 Å². The molecule has 134 valence electrons. The quantitative estimate of drug-likeness (QED) is 0.314. The van der Waals surface area contributed by atoms with Gasteiger partial charge in [-0.2, -0.15) is 9.65 Å². The number of hydrogen-bond donors (Lipinski definition) is 1. The fourth-order valence-corrected chi connectivity index (χ4v) is 3.41. The summed E-state index contributed by atoms with van der Waals surface area (Å²) in [5.74, 6) is -0.923. The predicted molar refractivity (Wildman–Crippen MR) is 106 cm³/mol. The van der Waals surface area contributed by atoms with E-state index in [1.54, 1.807) is 0 Å². The summed E-state index contributed by atoms with van der Waals surface area (Å²) in [6.45, 7) is 0. The lowest BCUT2D eigenvalue weighted by Gasteiger charge is -2.02. The maximum Gasteiger partial charge on any atom is 0.306 e. The standard InChI is InChI=1S/C18H10BrFN4O2S/c19-13-3-1-2-11(6-13)16-10-27-18(23-16)12(8-21)9-22-14-4-5-15(20)17(7-14)24(25)26/h1-7,9-10,22H/b12-9+. The lowest BCUT2D eigenvalue weighted by atomic mass is 10.2. The molecule has 0 aliphatic rings. The Morgan fingerprint density at radius 2 is 2.19 bits per heavy atom. The van der Waals surface area contributed by atoms with Crippen LogP contribution >= 0.6 is 27.3 Å². The summed E-state index contributed by atoms with van der Waals surface area (Å²) in [5.41, 5.74) is 1.55. The summed E-state index contributed by atoms with van der Waals surface area (Å²) in [6.07, 6.45) is 1.39. The summed E-state index contributed by atoms with van der Waals surface area (Å²) >= 11 is 4.71. The molecule has 0 aliphatic carbocycles. The molecule has 0 saturated heterocycles. The Morgan fingerprint density at radius 1 is 1.37 bits per heavy atom. The highest BCUT2D eigenvalue weighted by atomic mass is 79.9. The molecule has 0 fully saturated rings. The van der Waals surface area contributed by atoms with Crippen molar-refractivity contribution in [3.8, 4) is 17.3 Å². The molecule has 1 N–H and O–H groups in total. The van der Waals surface area contributed by atoms with Gasteiger partial charge in [-0.25, -0.2) is 4.98 Å². The van der Waals surface area contributed by atoms with Crippen LogP contribution in [0.4, 0.5) is 15.8 Å². The second-order valence-electron chi connectivity index (χ2n) is 5.29. The van der Waals surface area contributed by atoms with Crippen LogP contribution in [-0.4, -0.2) is 9.91 Å². The van der Waals surface area contributed by atoms with Gasteiger partial charge in [-0.15, -0.1) is 11.3 Å². The van der Waals surface area contributed by atoms with Crippen LogP contribution < -0.4 is 5.32 Å². The number of aromatic nitrogens is 1. The number of nitrogens with one attached hydrogen (secondary N) is 1. The minimum Gasteiger partial charge on any atom is -0.360 e. The molecular weight excluding hydrogens is 435 g/mol. The van der Waals surface area contributed by atoms with E-state index in [2.05, 4.69) is 26.2 Å². The molecule has 3 aromatic rings. The van der Waals surface area contributed by atoms with Gasteiger partial charge in [0.2, 0.25) is 5.82 Å². The van der Waals surface area contributed by atoms with Crippen molar-refractivity contribution in [2.75, 3.05) is 5.32 Å². The van der Waals surface area contributed by atoms with E-state index in [0.717, 1.165) is 27.9 Å². The first-order chi connectivity index (χ1) is 13.0. The second kappa shape index (κ2) is 8.07. The maximum absolute atomic E-state index is 13.4. The van der Waals surface area contributed by atoms with Gasteiger partial charge in [0.25, 0.3) is 0 Å². The number of benzene rings is 2. The summed E-state index contributed by atoms with van der Waals surface area (Å²) in [7, 11) is 0. The third-order valence-electron chi connectivity index (χ3n) is 3.50. The Kier molecular flexibility index (Phi) is 5.59. The van der Waals surface area contributed by atoms with Crippen molar-refractivity contribution in [2.24, 2.45) is 0 Å². The smallest absolute Gasteiger partial charge is 0.306 e. The van der Waals surface area contributed by atoms with Gasteiger partial charge < -0.3 is 5.32 Å². The number of halogens is 2. The SMILES string of the molecule is N#C/C(=C\Nc1ccc(F)c([N+](=O)[O-])c1)c1nc(-c2cccc(Br)c2)cs1. The number of nitro groups is 1. The largest absolute Gasteiger partial charge is 0.360 e. The molecule has 9 heteroatoms. The van der Waals surface area contributed by atoms with Crippen LogP contribution in [0.15, 0.2) is 58.5 Å². The van der Waals surface area contributed by atoms with Crippen LogP contribution in [0.25, 0.3) is 16.8 Å². The zero-order valence-electron chi connectivity index (χ0n) is 13.5. The average molecular weight is 445 g/mol. The van der Waals surface area contributed by atoms with Gasteiger partial charge in [0.1, 0.15) is 16.6 Å². The third-order valence-corrected chi connectivity index (χ3v) is 4.87. The van der Waals surface area contributed by atoms with Gasteiger partial charge in [-0.1, -0.05) is 28.1 Å². The fraction of sp³-hybridized carbons (Fsp3) is 0. The van der Waals surface area contributed by atoms with Gasteiger partial charge in [0.05, 0.1) is 10.6 Å². The van der Waals surface area contributed by atoms with Crippen LogP contribution in [0.3, 0.4) is 0 Å². The van der Waals surface area contributed by atoms with Crippen LogP contribution in [-0.2, 0) is 0 Å². The molecule has 0 unspecified atom stereocenters. The fourth-order valence-electron chi connectivity index (χ4n) is 2.22. The number of rotatable bonds is 5. The normalized spacial score (nSPS) is 11.1. The summed E-state index contributed by atoms with van der Waals surface area (Å²) < 4.78 is 14.3. The Morgan fingerprint density at radius 3 is 2.89 bits per heavy atom. The third kappa shape index (κ3) is 4.36. The molecule has 6 nitrogen and oxygen atoms in total. The molecule has 3 rings (SSSR count). The molecular formula is C18H10BrFN4O2S. The summed E-state index contributed by atoms with van der Waals surface area (Å²) in [5, 5.41) is 25.3. The zero-order valence-corrected chi connectivity index (χ0v) is 15.9. The summed E-state index contributed by atoms with van der Waals surface area (Å²) in [4.78, 5) is 14.5. The van der Waals surface area contributed by atoms with Gasteiger partial charge >= 0.3 is 5.69 Å². The highest BCUT2D eigenvalue weighted by Crippen LogP contribution is 2.28. The van der Waals surface area contributed by atoms with Gasteiger partial charge in [0.15, 0.2) is 0 Å². The number of hydrogen-bond acceptors (Lipinski definition) is 6. The van der Waals surface area contributed by atoms with Gasteiger partial charge in [-0.3, -0.25) is 10.1 Å². The highest BCUT2D eigenvalue weighted by molar-refractivity contribution is 9.10. The Labute approximate surface area is 165 Å². The number of nitro benzene ring substituents is 1. The van der Waals surface area contributed by atoms with Crippen molar-refractivity contribution >= 4 is 44.2 Å². The van der Waals surface area contributed by atoms with E-state index in [4.69, 9.17) is 0 Å². The van der Waals surface area contributed by atoms with Gasteiger partial charge in [-0.05, 0) is 24.3 Å². The maximum atomic E-state index is 13.4. The molecule has 0 atom stereocenters. The van der Waals surface area contributed by atoms with E-state index in [9.17, 15) is 19.8 Å². The van der Waals surface area contributed by atoms with E-state index < -0.39 is 16.4 Å². The van der Waals surface area contributed by atoms with Crippen molar-refractivity contribution in [3.63, 3.8) is 0 Å². The number of anilines is 1. The van der Waals surface area contributed by atoms with Crippen LogP contribution in [0, 0.1) is 27.3 Å². The van der Waals surface area contributed by atoms with Crippen molar-refractivity contribution in [3.05, 3.63) is 79.5 Å².